The maximum atomic E-state index is 11.3. The van der Waals surface area contributed by atoms with Crippen molar-refractivity contribution >= 4 is 11.8 Å². The number of hydrogen-bond acceptors (Lipinski definition) is 2. The second-order valence-corrected chi connectivity index (χ2v) is 5.27. The number of aromatic nitrogens is 1. The fourth-order valence-corrected chi connectivity index (χ4v) is 2.36. The zero-order chi connectivity index (χ0) is 12.6. The van der Waals surface area contributed by atoms with Gasteiger partial charge in [-0.15, -0.1) is 0 Å². The number of aromatic carboxylic acids is 1. The summed E-state index contributed by atoms with van der Waals surface area (Å²) in [5.41, 5.74) is 0.880. The summed E-state index contributed by atoms with van der Waals surface area (Å²) in [5, 5.41) is 9.12. The van der Waals surface area contributed by atoms with Crippen LogP contribution in [0.25, 0.3) is 0 Å². The van der Waals surface area contributed by atoms with E-state index in [4.69, 9.17) is 5.11 Å². The highest BCUT2D eigenvalue weighted by atomic mass is 16.4. The Balaban J connectivity index is 2.30. The number of carboxylic acid groups (broad SMARTS) is 1. The molecule has 4 nitrogen and oxygen atoms in total. The van der Waals surface area contributed by atoms with Crippen molar-refractivity contribution in [2.45, 2.75) is 39.7 Å². The summed E-state index contributed by atoms with van der Waals surface area (Å²) in [4.78, 5) is 22.4. The SMILES string of the molecule is CC(=O)c1cc(C(=O)O)n(CC2(C)CCC2)c1. The second kappa shape index (κ2) is 4.02. The highest BCUT2D eigenvalue weighted by molar-refractivity contribution is 5.97. The van der Waals surface area contributed by atoms with Gasteiger partial charge in [-0.05, 0) is 31.2 Å². The molecule has 0 amide bonds. The molecule has 1 saturated carbocycles. The average Bonchev–Trinajstić information content (AvgIpc) is 2.59. The van der Waals surface area contributed by atoms with Crippen LogP contribution in [-0.2, 0) is 6.54 Å². The van der Waals surface area contributed by atoms with Crippen LogP contribution in [0.4, 0.5) is 0 Å². The highest BCUT2D eigenvalue weighted by Gasteiger charge is 2.33. The summed E-state index contributed by atoms with van der Waals surface area (Å²) < 4.78 is 1.71. The Morgan fingerprint density at radius 1 is 1.47 bits per heavy atom. The van der Waals surface area contributed by atoms with Crippen molar-refractivity contribution in [3.63, 3.8) is 0 Å². The van der Waals surface area contributed by atoms with Gasteiger partial charge in [0.15, 0.2) is 5.78 Å². The molecule has 92 valence electrons. The third kappa shape index (κ3) is 2.25. The van der Waals surface area contributed by atoms with Gasteiger partial charge in [0.25, 0.3) is 0 Å². The summed E-state index contributed by atoms with van der Waals surface area (Å²) in [6.07, 6.45) is 5.12. The van der Waals surface area contributed by atoms with E-state index >= 15 is 0 Å². The van der Waals surface area contributed by atoms with Crippen LogP contribution in [0.5, 0.6) is 0 Å². The molecule has 1 heterocycles. The fourth-order valence-electron chi connectivity index (χ4n) is 2.36. The molecule has 1 N–H and O–H groups in total. The van der Waals surface area contributed by atoms with Gasteiger partial charge in [0.2, 0.25) is 0 Å². The lowest BCUT2D eigenvalue weighted by Gasteiger charge is -2.38. The molecule has 2 rings (SSSR count). The first-order valence-corrected chi connectivity index (χ1v) is 5.86. The molecule has 1 aromatic heterocycles. The van der Waals surface area contributed by atoms with Crippen LogP contribution in [0, 0.1) is 5.41 Å². The van der Waals surface area contributed by atoms with Crippen LogP contribution in [0.3, 0.4) is 0 Å². The van der Waals surface area contributed by atoms with E-state index in [1.165, 1.54) is 19.4 Å². The van der Waals surface area contributed by atoms with Crippen molar-refractivity contribution in [1.82, 2.24) is 4.57 Å². The average molecular weight is 235 g/mol. The number of carboxylic acids is 1. The summed E-state index contributed by atoms with van der Waals surface area (Å²) in [6, 6.07) is 1.46. The quantitative estimate of drug-likeness (QED) is 0.816. The van der Waals surface area contributed by atoms with E-state index in [-0.39, 0.29) is 16.9 Å². The highest BCUT2D eigenvalue weighted by Crippen LogP contribution is 2.42. The van der Waals surface area contributed by atoms with E-state index in [0.29, 0.717) is 12.1 Å². The third-order valence-electron chi connectivity index (χ3n) is 3.63. The molecular formula is C13H17NO3. The van der Waals surface area contributed by atoms with Gasteiger partial charge < -0.3 is 9.67 Å². The number of carbonyl (C=O) groups excluding carboxylic acids is 1. The predicted octanol–water partition coefficient (Wildman–Crippen LogP) is 2.58. The summed E-state index contributed by atoms with van der Waals surface area (Å²) in [7, 11) is 0. The Morgan fingerprint density at radius 2 is 2.12 bits per heavy atom. The van der Waals surface area contributed by atoms with Crippen LogP contribution in [-0.4, -0.2) is 21.4 Å². The number of rotatable bonds is 4. The predicted molar refractivity (Wildman–Crippen MR) is 63.4 cm³/mol. The molecule has 0 unspecified atom stereocenters. The smallest absolute Gasteiger partial charge is 0.352 e. The minimum Gasteiger partial charge on any atom is -0.477 e. The Morgan fingerprint density at radius 3 is 2.53 bits per heavy atom. The van der Waals surface area contributed by atoms with Crippen LogP contribution < -0.4 is 0 Å². The van der Waals surface area contributed by atoms with E-state index in [9.17, 15) is 9.59 Å². The van der Waals surface area contributed by atoms with Crippen molar-refractivity contribution in [3.8, 4) is 0 Å². The zero-order valence-electron chi connectivity index (χ0n) is 10.2. The molecule has 0 radical (unpaired) electrons. The van der Waals surface area contributed by atoms with Crippen molar-refractivity contribution < 1.29 is 14.7 Å². The minimum atomic E-state index is -0.972. The molecule has 0 aromatic carbocycles. The first-order chi connectivity index (χ1) is 7.91. The van der Waals surface area contributed by atoms with Gasteiger partial charge in [0, 0.05) is 18.3 Å². The molecule has 0 aliphatic heterocycles. The van der Waals surface area contributed by atoms with E-state index in [0.717, 1.165) is 12.8 Å². The molecule has 0 bridgehead atoms. The maximum Gasteiger partial charge on any atom is 0.352 e. The zero-order valence-corrected chi connectivity index (χ0v) is 10.2. The van der Waals surface area contributed by atoms with Gasteiger partial charge >= 0.3 is 5.97 Å². The molecule has 1 fully saturated rings. The molecule has 0 spiro atoms. The number of nitrogens with zero attached hydrogens (tertiary/aromatic N) is 1. The Labute approximate surface area is 100 Å². The van der Waals surface area contributed by atoms with Gasteiger partial charge in [-0.2, -0.15) is 0 Å². The number of carbonyl (C=O) groups is 2. The van der Waals surface area contributed by atoms with Gasteiger partial charge in [0.1, 0.15) is 5.69 Å². The summed E-state index contributed by atoms with van der Waals surface area (Å²) in [5.74, 6) is -1.06. The standard InChI is InChI=1S/C13H17NO3/c1-9(15)10-6-11(12(16)17)14(7-10)8-13(2)4-3-5-13/h6-7H,3-5,8H2,1-2H3,(H,16,17). The molecule has 1 aliphatic rings. The number of ketones is 1. The molecular weight excluding hydrogens is 218 g/mol. The van der Waals surface area contributed by atoms with Gasteiger partial charge in [0.05, 0.1) is 0 Å². The van der Waals surface area contributed by atoms with Crippen LogP contribution in [0.1, 0.15) is 54.0 Å². The topological polar surface area (TPSA) is 59.3 Å². The second-order valence-electron chi connectivity index (χ2n) is 5.27. The minimum absolute atomic E-state index is 0.0926. The first-order valence-electron chi connectivity index (χ1n) is 5.86. The fraction of sp³-hybridized carbons (Fsp3) is 0.538. The Hall–Kier alpha value is -1.58. The number of Topliss-reactive ketones (excluding diaryl/α,β-unsaturated/α-hetero) is 1. The van der Waals surface area contributed by atoms with Crippen LogP contribution in [0.15, 0.2) is 12.3 Å². The van der Waals surface area contributed by atoms with Crippen molar-refractivity contribution in [2.24, 2.45) is 5.41 Å². The molecule has 0 atom stereocenters. The molecule has 4 heteroatoms. The van der Waals surface area contributed by atoms with E-state index in [1.807, 2.05) is 0 Å². The van der Waals surface area contributed by atoms with Gasteiger partial charge in [-0.3, -0.25) is 4.79 Å². The summed E-state index contributed by atoms with van der Waals surface area (Å²) >= 11 is 0. The van der Waals surface area contributed by atoms with E-state index in [2.05, 4.69) is 6.92 Å². The van der Waals surface area contributed by atoms with Crippen molar-refractivity contribution in [3.05, 3.63) is 23.5 Å². The van der Waals surface area contributed by atoms with Crippen molar-refractivity contribution in [1.29, 1.82) is 0 Å². The normalized spacial score (nSPS) is 17.5. The first kappa shape index (κ1) is 11.9. The van der Waals surface area contributed by atoms with Gasteiger partial charge in [-0.25, -0.2) is 4.79 Å². The third-order valence-corrected chi connectivity index (χ3v) is 3.63. The van der Waals surface area contributed by atoms with Crippen LogP contribution in [0.2, 0.25) is 0 Å². The maximum absolute atomic E-state index is 11.3. The van der Waals surface area contributed by atoms with Crippen molar-refractivity contribution in [2.75, 3.05) is 0 Å². The summed E-state index contributed by atoms with van der Waals surface area (Å²) in [6.45, 7) is 4.30. The van der Waals surface area contributed by atoms with Crippen LogP contribution >= 0.6 is 0 Å². The van der Waals surface area contributed by atoms with E-state index in [1.54, 1.807) is 10.8 Å². The largest absolute Gasteiger partial charge is 0.477 e. The molecule has 0 saturated heterocycles. The molecule has 1 aromatic rings. The molecule has 1 aliphatic carbocycles. The van der Waals surface area contributed by atoms with E-state index < -0.39 is 5.97 Å². The number of hydrogen-bond donors (Lipinski definition) is 1. The monoisotopic (exact) mass is 235 g/mol. The lowest BCUT2D eigenvalue weighted by molar-refractivity contribution is 0.0673. The Bertz CT molecular complexity index is 469. The Kier molecular flexibility index (Phi) is 2.81. The lowest BCUT2D eigenvalue weighted by Crippen LogP contribution is -2.31. The lowest BCUT2D eigenvalue weighted by atomic mass is 9.70. The molecule has 17 heavy (non-hydrogen) atoms. The van der Waals surface area contributed by atoms with Gasteiger partial charge in [-0.1, -0.05) is 13.3 Å².